The topological polar surface area (TPSA) is 64.7 Å². The first kappa shape index (κ1) is 15.3. The van der Waals surface area contributed by atoms with Crippen LogP contribution in [0.15, 0.2) is 57.4 Å². The fourth-order valence-electron chi connectivity index (χ4n) is 1.58. The van der Waals surface area contributed by atoms with E-state index in [0.29, 0.717) is 10.6 Å². The van der Waals surface area contributed by atoms with Crippen molar-refractivity contribution in [1.82, 2.24) is 0 Å². The number of hydrogen-bond acceptors (Lipinski definition) is 5. The molecule has 2 aromatic rings. The Morgan fingerprint density at radius 3 is 2.62 bits per heavy atom. The van der Waals surface area contributed by atoms with Gasteiger partial charge in [-0.05, 0) is 30.3 Å². The van der Waals surface area contributed by atoms with Gasteiger partial charge in [-0.1, -0.05) is 28.5 Å². The van der Waals surface area contributed by atoms with Crippen molar-refractivity contribution in [2.75, 3.05) is 7.11 Å². The van der Waals surface area contributed by atoms with Crippen LogP contribution < -0.4 is 0 Å². The maximum atomic E-state index is 10.8. The zero-order valence-corrected chi connectivity index (χ0v) is 12.6. The monoisotopic (exact) mass is 322 g/mol. The summed E-state index contributed by atoms with van der Waals surface area (Å²) in [5, 5.41) is 15.2. The summed E-state index contributed by atoms with van der Waals surface area (Å²) in [7, 11) is 1.42. The van der Waals surface area contributed by atoms with Gasteiger partial charge in [-0.3, -0.25) is 10.1 Å². The predicted octanol–water partition coefficient (Wildman–Crippen LogP) is 4.38. The number of hydrogen-bond donors (Lipinski definition) is 0. The molecule has 2 rings (SSSR count). The quantitative estimate of drug-likeness (QED) is 0.465. The van der Waals surface area contributed by atoms with E-state index in [1.807, 2.05) is 12.1 Å². The van der Waals surface area contributed by atoms with Gasteiger partial charge in [0.2, 0.25) is 0 Å². The lowest BCUT2D eigenvalue weighted by Gasteiger charge is -2.05. The molecule has 0 radical (unpaired) electrons. The Morgan fingerprint density at radius 2 is 2.00 bits per heavy atom. The SMILES string of the molecule is CO/N=C/c1cc([N+](=O)[O-])ccc1Sc1ccc(Cl)cc1. The lowest BCUT2D eigenvalue weighted by molar-refractivity contribution is -0.384. The Kier molecular flexibility index (Phi) is 5.19. The third-order valence-electron chi connectivity index (χ3n) is 2.54. The third-order valence-corrected chi connectivity index (χ3v) is 3.89. The van der Waals surface area contributed by atoms with E-state index in [2.05, 4.69) is 9.99 Å². The Balaban J connectivity index is 2.34. The fourth-order valence-corrected chi connectivity index (χ4v) is 2.60. The van der Waals surface area contributed by atoms with Gasteiger partial charge >= 0.3 is 0 Å². The number of nitrogens with zero attached hydrogens (tertiary/aromatic N) is 2. The average Bonchev–Trinajstić information content (AvgIpc) is 2.48. The molecule has 0 atom stereocenters. The minimum atomic E-state index is -0.444. The van der Waals surface area contributed by atoms with Gasteiger partial charge in [0.1, 0.15) is 7.11 Å². The normalized spacial score (nSPS) is 10.8. The highest BCUT2D eigenvalue weighted by atomic mass is 35.5. The van der Waals surface area contributed by atoms with Gasteiger partial charge in [-0.2, -0.15) is 0 Å². The zero-order valence-electron chi connectivity index (χ0n) is 11.0. The van der Waals surface area contributed by atoms with E-state index in [9.17, 15) is 10.1 Å². The van der Waals surface area contributed by atoms with E-state index in [-0.39, 0.29) is 5.69 Å². The van der Waals surface area contributed by atoms with Crippen molar-refractivity contribution in [1.29, 1.82) is 0 Å². The highest BCUT2D eigenvalue weighted by Crippen LogP contribution is 2.32. The minimum absolute atomic E-state index is 0.00742. The molecule has 108 valence electrons. The van der Waals surface area contributed by atoms with Crippen molar-refractivity contribution in [3.63, 3.8) is 0 Å². The average molecular weight is 323 g/mol. The molecule has 0 spiro atoms. The zero-order chi connectivity index (χ0) is 15.2. The standard InChI is InChI=1S/C14H11ClN2O3S/c1-20-16-9-10-8-12(17(18)19)4-7-14(10)21-13-5-2-11(15)3-6-13/h2-9H,1H3/b16-9+. The minimum Gasteiger partial charge on any atom is -0.399 e. The smallest absolute Gasteiger partial charge is 0.270 e. The van der Waals surface area contributed by atoms with Crippen molar-refractivity contribution >= 4 is 35.3 Å². The summed E-state index contributed by atoms with van der Waals surface area (Å²) < 4.78 is 0. The van der Waals surface area contributed by atoms with Crippen LogP contribution in [0.25, 0.3) is 0 Å². The van der Waals surface area contributed by atoms with E-state index >= 15 is 0 Å². The Bertz CT molecular complexity index is 674. The predicted molar refractivity (Wildman–Crippen MR) is 83.3 cm³/mol. The second kappa shape index (κ2) is 7.10. The van der Waals surface area contributed by atoms with Gasteiger partial charge in [-0.15, -0.1) is 0 Å². The first-order valence-corrected chi connectivity index (χ1v) is 7.08. The molecule has 0 aromatic heterocycles. The Hall–Kier alpha value is -2.05. The Morgan fingerprint density at radius 1 is 1.29 bits per heavy atom. The molecule has 0 saturated heterocycles. The maximum absolute atomic E-state index is 10.8. The molecule has 0 aliphatic carbocycles. The lowest BCUT2D eigenvalue weighted by Crippen LogP contribution is -1.93. The van der Waals surface area contributed by atoms with Gasteiger partial charge in [0.15, 0.2) is 0 Å². The van der Waals surface area contributed by atoms with Crippen LogP contribution in [0.2, 0.25) is 5.02 Å². The largest absolute Gasteiger partial charge is 0.399 e. The molecule has 0 N–H and O–H groups in total. The van der Waals surface area contributed by atoms with Crippen molar-refractivity contribution in [2.45, 2.75) is 9.79 Å². The number of non-ortho nitro benzene ring substituents is 1. The van der Waals surface area contributed by atoms with Crippen molar-refractivity contribution in [2.24, 2.45) is 5.16 Å². The van der Waals surface area contributed by atoms with Crippen LogP contribution >= 0.6 is 23.4 Å². The number of halogens is 1. The van der Waals surface area contributed by atoms with Gasteiger partial charge in [0, 0.05) is 32.5 Å². The Labute approximate surface area is 130 Å². The molecule has 21 heavy (non-hydrogen) atoms. The molecule has 0 aliphatic heterocycles. The van der Waals surface area contributed by atoms with E-state index in [1.165, 1.54) is 37.2 Å². The summed E-state index contributed by atoms with van der Waals surface area (Å²) in [6, 6.07) is 11.9. The van der Waals surface area contributed by atoms with Gasteiger partial charge in [-0.25, -0.2) is 0 Å². The van der Waals surface area contributed by atoms with Crippen molar-refractivity contribution in [3.8, 4) is 0 Å². The molecular formula is C14H11ClN2O3S. The number of nitro groups is 1. The van der Waals surface area contributed by atoms with Gasteiger partial charge in [0.25, 0.3) is 5.69 Å². The molecule has 2 aromatic carbocycles. The summed E-state index contributed by atoms with van der Waals surface area (Å²) in [6.45, 7) is 0. The molecule has 0 aliphatic rings. The van der Waals surface area contributed by atoms with Crippen LogP contribution in [-0.2, 0) is 4.84 Å². The lowest BCUT2D eigenvalue weighted by atomic mass is 10.2. The van der Waals surface area contributed by atoms with Gasteiger partial charge in [0.05, 0.1) is 11.1 Å². The molecule has 0 fully saturated rings. The van der Waals surface area contributed by atoms with Gasteiger partial charge < -0.3 is 4.84 Å². The summed E-state index contributed by atoms with van der Waals surface area (Å²) >= 11 is 7.31. The van der Waals surface area contributed by atoms with Crippen LogP contribution in [0.1, 0.15) is 5.56 Å². The van der Waals surface area contributed by atoms with Crippen LogP contribution in [0.3, 0.4) is 0 Å². The summed E-state index contributed by atoms with van der Waals surface area (Å²) in [5.41, 5.74) is 0.624. The van der Waals surface area contributed by atoms with Crippen LogP contribution in [0.5, 0.6) is 0 Å². The second-order valence-electron chi connectivity index (χ2n) is 3.95. The first-order chi connectivity index (χ1) is 10.1. The third kappa shape index (κ3) is 4.21. The summed E-state index contributed by atoms with van der Waals surface area (Å²) in [4.78, 5) is 16.8. The molecule has 0 heterocycles. The van der Waals surface area contributed by atoms with Crippen LogP contribution in [0.4, 0.5) is 5.69 Å². The number of benzene rings is 2. The van der Waals surface area contributed by atoms with Crippen molar-refractivity contribution in [3.05, 3.63) is 63.2 Å². The van der Waals surface area contributed by atoms with Crippen LogP contribution in [-0.4, -0.2) is 18.2 Å². The molecule has 0 bridgehead atoms. The van der Waals surface area contributed by atoms with Crippen LogP contribution in [0, 0.1) is 10.1 Å². The molecule has 0 saturated carbocycles. The second-order valence-corrected chi connectivity index (χ2v) is 5.50. The summed E-state index contributed by atoms with van der Waals surface area (Å²) in [5.74, 6) is 0. The number of rotatable bonds is 5. The maximum Gasteiger partial charge on any atom is 0.270 e. The highest BCUT2D eigenvalue weighted by molar-refractivity contribution is 7.99. The van der Waals surface area contributed by atoms with E-state index in [4.69, 9.17) is 11.6 Å². The van der Waals surface area contributed by atoms with E-state index in [1.54, 1.807) is 18.2 Å². The molecular weight excluding hydrogens is 312 g/mol. The first-order valence-electron chi connectivity index (χ1n) is 5.88. The number of oxime groups is 1. The van der Waals surface area contributed by atoms with E-state index < -0.39 is 4.92 Å². The molecule has 0 amide bonds. The summed E-state index contributed by atoms with van der Waals surface area (Å²) in [6.07, 6.45) is 1.45. The molecule has 5 nitrogen and oxygen atoms in total. The molecule has 0 unspecified atom stereocenters. The molecule has 7 heteroatoms. The van der Waals surface area contributed by atoms with Crippen molar-refractivity contribution < 1.29 is 9.76 Å². The number of nitro benzene ring substituents is 1. The van der Waals surface area contributed by atoms with E-state index in [0.717, 1.165) is 9.79 Å². The fraction of sp³-hybridized carbons (Fsp3) is 0.0714. The highest BCUT2D eigenvalue weighted by Gasteiger charge is 2.11.